The van der Waals surface area contributed by atoms with Crippen molar-refractivity contribution in [1.82, 2.24) is 10.3 Å². The number of halogens is 1. The van der Waals surface area contributed by atoms with E-state index in [0.717, 1.165) is 21.6 Å². The lowest BCUT2D eigenvalue weighted by Gasteiger charge is -2.04. The monoisotopic (exact) mass is 338 g/mol. The zero-order valence-electron chi connectivity index (χ0n) is 10.9. The second-order valence-electron chi connectivity index (χ2n) is 4.27. The number of hydrogen-bond donors (Lipinski definition) is 1. The van der Waals surface area contributed by atoms with Crippen LogP contribution in [-0.4, -0.2) is 17.4 Å². The van der Waals surface area contributed by atoms with Crippen molar-refractivity contribution >= 4 is 33.2 Å². The molecule has 0 saturated heterocycles. The van der Waals surface area contributed by atoms with E-state index >= 15 is 0 Å². The zero-order valence-corrected chi connectivity index (χ0v) is 13.3. The van der Waals surface area contributed by atoms with Gasteiger partial charge in [0.15, 0.2) is 0 Å². The molecule has 0 aliphatic carbocycles. The molecule has 0 saturated carbocycles. The normalized spacial score (nSPS) is 10.5. The summed E-state index contributed by atoms with van der Waals surface area (Å²) in [4.78, 5) is 17.6. The van der Waals surface area contributed by atoms with Gasteiger partial charge < -0.3 is 5.32 Å². The second kappa shape index (κ2) is 6.30. The van der Waals surface area contributed by atoms with Gasteiger partial charge in [-0.3, -0.25) is 4.79 Å². The largest absolute Gasteiger partial charge is 0.352 e. The molecule has 0 aliphatic rings. The Balaban J connectivity index is 1.87. The number of thiazole rings is 1. The third kappa shape index (κ3) is 3.88. The molecule has 19 heavy (non-hydrogen) atoms. The van der Waals surface area contributed by atoms with Crippen LogP contribution in [0.25, 0.3) is 0 Å². The van der Waals surface area contributed by atoms with Gasteiger partial charge in [0.2, 0.25) is 0 Å². The molecule has 1 amide bonds. The van der Waals surface area contributed by atoms with Gasteiger partial charge in [0.25, 0.3) is 5.91 Å². The number of rotatable bonds is 4. The van der Waals surface area contributed by atoms with Crippen molar-refractivity contribution in [3.63, 3.8) is 0 Å². The average molecular weight is 339 g/mol. The van der Waals surface area contributed by atoms with Crippen LogP contribution in [0.1, 0.15) is 25.9 Å². The van der Waals surface area contributed by atoms with Crippen LogP contribution in [0.3, 0.4) is 0 Å². The molecule has 1 heterocycles. The highest BCUT2D eigenvalue weighted by Crippen LogP contribution is 2.16. The lowest BCUT2D eigenvalue weighted by Crippen LogP contribution is -2.25. The van der Waals surface area contributed by atoms with Gasteiger partial charge in [-0.05, 0) is 32.0 Å². The molecule has 0 spiro atoms. The van der Waals surface area contributed by atoms with Crippen LogP contribution in [0.4, 0.5) is 0 Å². The Labute approximate surface area is 125 Å². The van der Waals surface area contributed by atoms with E-state index in [-0.39, 0.29) is 5.91 Å². The summed E-state index contributed by atoms with van der Waals surface area (Å²) < 4.78 is 0.909. The molecule has 0 unspecified atom stereocenters. The lowest BCUT2D eigenvalue weighted by molar-refractivity contribution is 0.0954. The zero-order chi connectivity index (χ0) is 13.8. The Morgan fingerprint density at radius 3 is 2.84 bits per heavy atom. The van der Waals surface area contributed by atoms with E-state index in [1.54, 1.807) is 17.4 Å². The minimum atomic E-state index is -0.0497. The lowest BCUT2D eigenvalue weighted by atomic mass is 10.2. The molecule has 0 bridgehead atoms. The van der Waals surface area contributed by atoms with Crippen molar-refractivity contribution in [2.45, 2.75) is 20.3 Å². The van der Waals surface area contributed by atoms with Crippen molar-refractivity contribution in [2.75, 3.05) is 6.54 Å². The predicted molar refractivity (Wildman–Crippen MR) is 81.8 cm³/mol. The minimum absolute atomic E-state index is 0.0497. The van der Waals surface area contributed by atoms with Crippen molar-refractivity contribution in [3.05, 3.63) is 49.9 Å². The van der Waals surface area contributed by atoms with Gasteiger partial charge in [0, 0.05) is 27.9 Å². The van der Waals surface area contributed by atoms with Crippen LogP contribution in [0, 0.1) is 13.8 Å². The number of benzene rings is 1. The Morgan fingerprint density at radius 1 is 1.42 bits per heavy atom. The molecule has 0 fully saturated rings. The minimum Gasteiger partial charge on any atom is -0.352 e. The van der Waals surface area contributed by atoms with Crippen LogP contribution in [0.2, 0.25) is 0 Å². The van der Waals surface area contributed by atoms with Gasteiger partial charge in [-0.2, -0.15) is 0 Å². The maximum atomic E-state index is 11.9. The first-order valence-electron chi connectivity index (χ1n) is 6.03. The van der Waals surface area contributed by atoms with Gasteiger partial charge in [0.05, 0.1) is 10.7 Å². The number of hydrogen-bond acceptors (Lipinski definition) is 3. The summed E-state index contributed by atoms with van der Waals surface area (Å²) in [6.45, 7) is 4.68. The molecular formula is C14H15BrN2OS. The van der Waals surface area contributed by atoms with Gasteiger partial charge in [-0.1, -0.05) is 22.0 Å². The van der Waals surface area contributed by atoms with Gasteiger partial charge in [-0.25, -0.2) is 4.98 Å². The van der Waals surface area contributed by atoms with E-state index in [0.29, 0.717) is 12.1 Å². The van der Waals surface area contributed by atoms with Gasteiger partial charge in [-0.15, -0.1) is 11.3 Å². The van der Waals surface area contributed by atoms with E-state index in [4.69, 9.17) is 0 Å². The van der Waals surface area contributed by atoms with E-state index in [2.05, 4.69) is 33.2 Å². The van der Waals surface area contributed by atoms with Crippen LogP contribution < -0.4 is 5.32 Å². The van der Waals surface area contributed by atoms with Crippen molar-refractivity contribution in [1.29, 1.82) is 0 Å². The SMILES string of the molecule is Cc1nc(CCNC(=O)c2cccc(Br)c2)sc1C. The van der Waals surface area contributed by atoms with E-state index in [9.17, 15) is 4.79 Å². The van der Waals surface area contributed by atoms with E-state index in [1.807, 2.05) is 25.1 Å². The molecule has 1 aromatic heterocycles. The topological polar surface area (TPSA) is 42.0 Å². The molecule has 1 aromatic carbocycles. The quantitative estimate of drug-likeness (QED) is 0.926. The fraction of sp³-hybridized carbons (Fsp3) is 0.286. The first kappa shape index (κ1) is 14.2. The maximum Gasteiger partial charge on any atom is 0.251 e. The number of aromatic nitrogens is 1. The number of nitrogens with zero attached hydrogens (tertiary/aromatic N) is 1. The first-order chi connectivity index (χ1) is 9.06. The van der Waals surface area contributed by atoms with Gasteiger partial charge in [0.1, 0.15) is 0 Å². The Bertz CT molecular complexity index is 575. The molecule has 5 heteroatoms. The highest BCUT2D eigenvalue weighted by atomic mass is 79.9. The standard InChI is InChI=1S/C14H15BrN2OS/c1-9-10(2)19-13(17-9)6-7-16-14(18)11-4-3-5-12(15)8-11/h3-5,8H,6-7H2,1-2H3,(H,16,18). The predicted octanol–water partition coefficient (Wildman–Crippen LogP) is 3.49. The molecule has 0 radical (unpaired) electrons. The Morgan fingerprint density at radius 2 is 2.21 bits per heavy atom. The third-order valence-electron chi connectivity index (χ3n) is 2.78. The first-order valence-corrected chi connectivity index (χ1v) is 7.64. The van der Waals surface area contributed by atoms with Crippen molar-refractivity contribution in [2.24, 2.45) is 0 Å². The molecule has 2 rings (SSSR count). The molecule has 3 nitrogen and oxygen atoms in total. The third-order valence-corrected chi connectivity index (χ3v) is 4.41. The summed E-state index contributed by atoms with van der Waals surface area (Å²) in [5.41, 5.74) is 1.75. The van der Waals surface area contributed by atoms with Gasteiger partial charge >= 0.3 is 0 Å². The highest BCUT2D eigenvalue weighted by molar-refractivity contribution is 9.10. The maximum absolute atomic E-state index is 11.9. The molecular weight excluding hydrogens is 324 g/mol. The second-order valence-corrected chi connectivity index (χ2v) is 6.47. The summed E-state index contributed by atoms with van der Waals surface area (Å²) in [5.74, 6) is -0.0497. The molecule has 2 aromatic rings. The molecule has 0 atom stereocenters. The molecule has 1 N–H and O–H groups in total. The number of carbonyl (C=O) groups is 1. The fourth-order valence-electron chi connectivity index (χ4n) is 1.66. The average Bonchev–Trinajstić information content (AvgIpc) is 2.68. The Hall–Kier alpha value is -1.20. The summed E-state index contributed by atoms with van der Waals surface area (Å²) in [5, 5.41) is 3.98. The fourth-order valence-corrected chi connectivity index (χ4v) is 2.99. The number of aryl methyl sites for hydroxylation is 2. The van der Waals surface area contributed by atoms with Crippen LogP contribution in [0.5, 0.6) is 0 Å². The molecule has 100 valence electrons. The summed E-state index contributed by atoms with van der Waals surface area (Å²) in [6, 6.07) is 7.37. The number of carbonyl (C=O) groups excluding carboxylic acids is 1. The van der Waals surface area contributed by atoms with Crippen molar-refractivity contribution < 1.29 is 4.79 Å². The summed E-state index contributed by atoms with van der Waals surface area (Å²) >= 11 is 5.05. The molecule has 0 aliphatic heterocycles. The number of amides is 1. The van der Waals surface area contributed by atoms with Crippen LogP contribution >= 0.6 is 27.3 Å². The van der Waals surface area contributed by atoms with Crippen LogP contribution in [0.15, 0.2) is 28.7 Å². The Kier molecular flexibility index (Phi) is 4.71. The smallest absolute Gasteiger partial charge is 0.251 e. The summed E-state index contributed by atoms with van der Waals surface area (Å²) in [7, 11) is 0. The van der Waals surface area contributed by atoms with Crippen LogP contribution in [-0.2, 0) is 6.42 Å². The van der Waals surface area contributed by atoms with E-state index in [1.165, 1.54) is 4.88 Å². The number of nitrogens with one attached hydrogen (secondary N) is 1. The summed E-state index contributed by atoms with van der Waals surface area (Å²) in [6.07, 6.45) is 0.777. The highest BCUT2D eigenvalue weighted by Gasteiger charge is 2.07. The van der Waals surface area contributed by atoms with Crippen molar-refractivity contribution in [3.8, 4) is 0 Å². The van der Waals surface area contributed by atoms with E-state index < -0.39 is 0 Å².